The molecule has 0 fully saturated rings. The summed E-state index contributed by atoms with van der Waals surface area (Å²) in [7, 11) is 0. The number of aliphatic carboxylic acids is 1. The number of hydrogen-bond donors (Lipinski definition) is 1. The van der Waals surface area contributed by atoms with Crippen LogP contribution >= 0.6 is 0 Å². The highest BCUT2D eigenvalue weighted by Crippen LogP contribution is 2.18. The number of carbonyl (C=O) groups is 2. The van der Waals surface area contributed by atoms with Gasteiger partial charge in [0.25, 0.3) is 0 Å². The lowest BCUT2D eigenvalue weighted by molar-refractivity contribution is -0.150. The van der Waals surface area contributed by atoms with Gasteiger partial charge in [0.2, 0.25) is 0 Å². The summed E-state index contributed by atoms with van der Waals surface area (Å²) in [5.74, 6) is -0.737. The lowest BCUT2D eigenvalue weighted by atomic mass is 10.0. The van der Waals surface area contributed by atoms with Crippen molar-refractivity contribution in [3.63, 3.8) is 0 Å². The van der Waals surface area contributed by atoms with Crippen molar-refractivity contribution in [1.29, 1.82) is 0 Å². The molecule has 0 heterocycles. The van der Waals surface area contributed by atoms with Gasteiger partial charge in [0, 0.05) is 12.8 Å². The van der Waals surface area contributed by atoms with Gasteiger partial charge in [-0.05, 0) is 64.2 Å². The number of hydrogen-bond acceptors (Lipinski definition) is 3. The Morgan fingerprint density at radius 3 is 1.45 bits per heavy atom. The summed E-state index contributed by atoms with van der Waals surface area (Å²) >= 11 is 0. The largest absolute Gasteiger partial charge is 0.481 e. The topological polar surface area (TPSA) is 63.6 Å². The first kappa shape index (κ1) is 36.7. The summed E-state index contributed by atoms with van der Waals surface area (Å²) in [6.07, 6.45) is 35.2. The molecule has 0 aliphatic rings. The van der Waals surface area contributed by atoms with Gasteiger partial charge in [-0.25, -0.2) is 0 Å². The lowest BCUT2D eigenvalue weighted by Crippen LogP contribution is -2.18. The van der Waals surface area contributed by atoms with Crippen LogP contribution in [-0.4, -0.2) is 23.1 Å². The fourth-order valence-electron chi connectivity index (χ4n) is 5.00. The highest BCUT2D eigenvalue weighted by molar-refractivity contribution is 5.69. The molecule has 0 saturated heterocycles. The first-order chi connectivity index (χ1) is 18.6. The third-order valence-corrected chi connectivity index (χ3v) is 7.49. The third kappa shape index (κ3) is 29.2. The zero-order chi connectivity index (χ0) is 27.9. The number of rotatable bonds is 30. The van der Waals surface area contributed by atoms with Crippen molar-refractivity contribution in [2.45, 2.75) is 193 Å². The van der Waals surface area contributed by atoms with E-state index < -0.39 is 5.97 Å². The predicted molar refractivity (Wildman–Crippen MR) is 163 cm³/mol. The Labute approximate surface area is 236 Å². The average molecular weight is 537 g/mol. The lowest BCUT2D eigenvalue weighted by Gasteiger charge is -2.18. The average Bonchev–Trinajstić information content (AvgIpc) is 2.90. The molecule has 38 heavy (non-hydrogen) atoms. The molecule has 0 aromatic carbocycles. The number of carboxylic acids is 1. The van der Waals surface area contributed by atoms with Crippen LogP contribution in [0.4, 0.5) is 0 Å². The Hall–Kier alpha value is -1.32. The number of allylic oxidation sites excluding steroid dienone is 2. The van der Waals surface area contributed by atoms with Crippen LogP contribution in [0.3, 0.4) is 0 Å². The van der Waals surface area contributed by atoms with Crippen molar-refractivity contribution in [3.05, 3.63) is 12.2 Å². The Morgan fingerprint density at radius 2 is 0.947 bits per heavy atom. The molecule has 0 aliphatic carbocycles. The number of carboxylic acid groups (broad SMARTS) is 1. The Bertz CT molecular complexity index is 543. The van der Waals surface area contributed by atoms with Crippen molar-refractivity contribution in [2.24, 2.45) is 0 Å². The van der Waals surface area contributed by atoms with Crippen LogP contribution in [-0.2, 0) is 14.3 Å². The summed E-state index contributed by atoms with van der Waals surface area (Å²) in [6.45, 7) is 4.49. The van der Waals surface area contributed by atoms with Crippen LogP contribution in [0.2, 0.25) is 0 Å². The molecule has 0 aliphatic heterocycles. The van der Waals surface area contributed by atoms with E-state index in [1.165, 1.54) is 103 Å². The predicted octanol–water partition coefficient (Wildman–Crippen LogP) is 11.1. The second kappa shape index (κ2) is 30.2. The van der Waals surface area contributed by atoms with Gasteiger partial charge >= 0.3 is 11.9 Å². The van der Waals surface area contributed by atoms with Gasteiger partial charge in [-0.3, -0.25) is 9.59 Å². The first-order valence-electron chi connectivity index (χ1n) is 16.7. The maximum atomic E-state index is 12.4. The maximum Gasteiger partial charge on any atom is 0.306 e. The van der Waals surface area contributed by atoms with Crippen molar-refractivity contribution in [2.75, 3.05) is 0 Å². The van der Waals surface area contributed by atoms with E-state index >= 15 is 0 Å². The Balaban J connectivity index is 3.74. The van der Waals surface area contributed by atoms with E-state index in [0.717, 1.165) is 57.8 Å². The molecule has 0 radical (unpaired) electrons. The minimum absolute atomic E-state index is 0.0240. The molecule has 1 unspecified atom stereocenters. The van der Waals surface area contributed by atoms with Crippen molar-refractivity contribution < 1.29 is 19.4 Å². The Kier molecular flexibility index (Phi) is 29.2. The van der Waals surface area contributed by atoms with Crippen LogP contribution in [0.1, 0.15) is 187 Å². The van der Waals surface area contributed by atoms with E-state index in [9.17, 15) is 9.59 Å². The minimum atomic E-state index is -0.713. The van der Waals surface area contributed by atoms with Crippen LogP contribution in [0.5, 0.6) is 0 Å². The van der Waals surface area contributed by atoms with Gasteiger partial charge in [0.15, 0.2) is 0 Å². The molecule has 4 heteroatoms. The summed E-state index contributed by atoms with van der Waals surface area (Å²) in [4.78, 5) is 23.1. The SMILES string of the molecule is CCCCCCCC/C=C\CCCCCCCCCC(=O)OC(CCCCCC)CCCCCCC(=O)O. The molecule has 0 saturated carbocycles. The zero-order valence-electron chi connectivity index (χ0n) is 25.5. The normalized spacial score (nSPS) is 12.3. The Morgan fingerprint density at radius 1 is 0.553 bits per heavy atom. The van der Waals surface area contributed by atoms with Gasteiger partial charge in [-0.2, -0.15) is 0 Å². The molecule has 0 aromatic rings. The summed E-state index contributed by atoms with van der Waals surface area (Å²) in [6, 6.07) is 0. The number of carbonyl (C=O) groups excluding carboxylic acids is 1. The van der Waals surface area contributed by atoms with Crippen molar-refractivity contribution in [1.82, 2.24) is 0 Å². The van der Waals surface area contributed by atoms with Crippen molar-refractivity contribution >= 4 is 11.9 Å². The molecule has 0 rings (SSSR count). The molecule has 0 amide bonds. The van der Waals surface area contributed by atoms with Gasteiger partial charge in [0.1, 0.15) is 6.10 Å². The summed E-state index contributed by atoms with van der Waals surface area (Å²) < 4.78 is 5.86. The van der Waals surface area contributed by atoms with Crippen LogP contribution in [0.15, 0.2) is 12.2 Å². The summed E-state index contributed by atoms with van der Waals surface area (Å²) in [5.41, 5.74) is 0. The molecular formula is C34H64O4. The molecule has 4 nitrogen and oxygen atoms in total. The second-order valence-corrected chi connectivity index (χ2v) is 11.3. The van der Waals surface area contributed by atoms with E-state index in [0.29, 0.717) is 6.42 Å². The van der Waals surface area contributed by atoms with Gasteiger partial charge in [-0.1, -0.05) is 122 Å². The van der Waals surface area contributed by atoms with Crippen molar-refractivity contribution in [3.8, 4) is 0 Å². The van der Waals surface area contributed by atoms with E-state index in [2.05, 4.69) is 26.0 Å². The van der Waals surface area contributed by atoms with E-state index in [1.807, 2.05) is 0 Å². The monoisotopic (exact) mass is 536 g/mol. The van der Waals surface area contributed by atoms with Crippen LogP contribution in [0, 0.1) is 0 Å². The molecule has 0 spiro atoms. The van der Waals surface area contributed by atoms with E-state index in [4.69, 9.17) is 9.84 Å². The molecule has 0 aromatic heterocycles. The standard InChI is InChI=1S/C34H64O4/c1-3-5-7-9-10-11-12-13-14-15-16-17-18-19-20-21-27-31-34(37)38-32(28-24-8-6-4-2)29-25-22-23-26-30-33(35)36/h13-14,32H,3-12,15-31H2,1-2H3,(H,35,36)/b14-13-. The highest BCUT2D eigenvalue weighted by Gasteiger charge is 2.14. The fraction of sp³-hybridized carbons (Fsp3) is 0.882. The fourth-order valence-corrected chi connectivity index (χ4v) is 5.00. The molecular weight excluding hydrogens is 472 g/mol. The van der Waals surface area contributed by atoms with Crippen LogP contribution < -0.4 is 0 Å². The highest BCUT2D eigenvalue weighted by atomic mass is 16.5. The number of esters is 1. The number of ether oxygens (including phenoxy) is 1. The second-order valence-electron chi connectivity index (χ2n) is 11.3. The number of unbranched alkanes of at least 4 members (excludes halogenated alkanes) is 19. The van der Waals surface area contributed by atoms with E-state index in [-0.39, 0.29) is 18.5 Å². The molecule has 1 N–H and O–H groups in total. The van der Waals surface area contributed by atoms with Crippen LogP contribution in [0.25, 0.3) is 0 Å². The first-order valence-corrected chi connectivity index (χ1v) is 16.7. The van der Waals surface area contributed by atoms with Gasteiger partial charge in [0.05, 0.1) is 0 Å². The third-order valence-electron chi connectivity index (χ3n) is 7.49. The molecule has 1 atom stereocenters. The molecule has 224 valence electrons. The minimum Gasteiger partial charge on any atom is -0.481 e. The molecule has 0 bridgehead atoms. The van der Waals surface area contributed by atoms with Gasteiger partial charge < -0.3 is 9.84 Å². The quantitative estimate of drug-likeness (QED) is 0.0563. The summed E-state index contributed by atoms with van der Waals surface area (Å²) in [5, 5.41) is 8.75. The zero-order valence-corrected chi connectivity index (χ0v) is 25.5. The van der Waals surface area contributed by atoms with Gasteiger partial charge in [-0.15, -0.1) is 0 Å². The van der Waals surface area contributed by atoms with E-state index in [1.54, 1.807) is 0 Å². The maximum absolute atomic E-state index is 12.4. The smallest absolute Gasteiger partial charge is 0.306 e.